The van der Waals surface area contributed by atoms with E-state index in [2.05, 4.69) is 21.2 Å². The van der Waals surface area contributed by atoms with Crippen LogP contribution in [0.1, 0.15) is 30.3 Å². The molecule has 0 aromatic carbocycles. The topological polar surface area (TPSA) is 85.4 Å². The maximum absolute atomic E-state index is 11.6. The third-order valence-corrected chi connectivity index (χ3v) is 2.70. The average molecular weight is 305 g/mol. The van der Waals surface area contributed by atoms with Crippen LogP contribution in [0.25, 0.3) is 0 Å². The van der Waals surface area contributed by atoms with E-state index in [4.69, 9.17) is 4.42 Å². The van der Waals surface area contributed by atoms with Crippen LogP contribution in [-0.2, 0) is 0 Å². The van der Waals surface area contributed by atoms with Gasteiger partial charge in [0.1, 0.15) is 4.92 Å². The number of amides is 1. The maximum Gasteiger partial charge on any atom is 0.433 e. The second-order valence-corrected chi connectivity index (χ2v) is 4.39. The largest absolute Gasteiger partial charge is 0.433 e. The molecule has 1 amide bonds. The molecule has 1 atom stereocenters. The molecule has 0 bridgehead atoms. The Morgan fingerprint density at radius 2 is 2.35 bits per heavy atom. The second kappa shape index (κ2) is 6.39. The van der Waals surface area contributed by atoms with Crippen LogP contribution in [0.3, 0.4) is 0 Å². The molecule has 1 rings (SSSR count). The molecule has 1 unspecified atom stereocenters. The Bertz CT molecular complexity index is 405. The molecule has 0 radical (unpaired) electrons. The van der Waals surface area contributed by atoms with Gasteiger partial charge in [0, 0.05) is 11.4 Å². The number of furan rings is 1. The fraction of sp³-hybridized carbons (Fsp3) is 0.500. The van der Waals surface area contributed by atoms with Gasteiger partial charge in [-0.3, -0.25) is 14.9 Å². The van der Waals surface area contributed by atoms with Crippen LogP contribution in [0.5, 0.6) is 0 Å². The summed E-state index contributed by atoms with van der Waals surface area (Å²) in [6.07, 6.45) is 1.78. The van der Waals surface area contributed by atoms with Gasteiger partial charge in [-0.1, -0.05) is 15.9 Å². The lowest BCUT2D eigenvalue weighted by Crippen LogP contribution is -2.32. The molecular formula is C10H13BrN2O4. The van der Waals surface area contributed by atoms with Crippen LogP contribution >= 0.6 is 15.9 Å². The number of hydrogen-bond donors (Lipinski definition) is 1. The first-order valence-corrected chi connectivity index (χ1v) is 6.27. The summed E-state index contributed by atoms with van der Waals surface area (Å²) in [4.78, 5) is 21.3. The van der Waals surface area contributed by atoms with E-state index < -0.39 is 16.7 Å². The molecule has 94 valence electrons. The Balaban J connectivity index is 2.54. The van der Waals surface area contributed by atoms with Crippen molar-refractivity contribution in [2.75, 3.05) is 5.33 Å². The Kier molecular flexibility index (Phi) is 5.14. The van der Waals surface area contributed by atoms with Gasteiger partial charge in [-0.2, -0.15) is 0 Å². The van der Waals surface area contributed by atoms with Gasteiger partial charge >= 0.3 is 5.88 Å². The highest BCUT2D eigenvalue weighted by Gasteiger charge is 2.18. The molecule has 0 fully saturated rings. The van der Waals surface area contributed by atoms with Crippen LogP contribution < -0.4 is 5.32 Å². The number of alkyl halides is 1. The van der Waals surface area contributed by atoms with Gasteiger partial charge in [0.05, 0.1) is 6.07 Å². The van der Waals surface area contributed by atoms with Crippen LogP contribution in [0.4, 0.5) is 5.88 Å². The van der Waals surface area contributed by atoms with Crippen molar-refractivity contribution in [3.63, 3.8) is 0 Å². The first kappa shape index (κ1) is 13.7. The smallest absolute Gasteiger partial charge is 0.395 e. The van der Waals surface area contributed by atoms with Crippen LogP contribution in [0, 0.1) is 10.1 Å². The molecule has 0 aliphatic carbocycles. The van der Waals surface area contributed by atoms with E-state index in [9.17, 15) is 14.9 Å². The normalized spacial score (nSPS) is 12.1. The van der Waals surface area contributed by atoms with Crippen molar-refractivity contribution < 1.29 is 14.1 Å². The summed E-state index contributed by atoms with van der Waals surface area (Å²) in [5.74, 6) is -0.897. The van der Waals surface area contributed by atoms with Crippen LogP contribution in [0.2, 0.25) is 0 Å². The lowest BCUT2D eigenvalue weighted by atomic mass is 10.2. The first-order valence-electron chi connectivity index (χ1n) is 5.15. The minimum atomic E-state index is -0.676. The molecular weight excluding hydrogens is 292 g/mol. The van der Waals surface area contributed by atoms with E-state index >= 15 is 0 Å². The fourth-order valence-corrected chi connectivity index (χ4v) is 1.62. The Morgan fingerprint density at radius 3 is 2.88 bits per heavy atom. The van der Waals surface area contributed by atoms with E-state index in [1.165, 1.54) is 6.07 Å². The molecule has 1 aromatic rings. The number of halogens is 1. The predicted octanol–water partition coefficient (Wildman–Crippen LogP) is 2.48. The van der Waals surface area contributed by atoms with E-state index in [0.29, 0.717) is 0 Å². The molecule has 7 heteroatoms. The van der Waals surface area contributed by atoms with E-state index in [1.54, 1.807) is 0 Å². The highest BCUT2D eigenvalue weighted by molar-refractivity contribution is 9.09. The molecule has 0 aliphatic heterocycles. The Labute approximate surface area is 107 Å². The van der Waals surface area contributed by atoms with Gasteiger partial charge in [0.25, 0.3) is 5.91 Å². The average Bonchev–Trinajstić information content (AvgIpc) is 2.75. The number of nitrogens with one attached hydrogen (secondary N) is 1. The van der Waals surface area contributed by atoms with Crippen molar-refractivity contribution >= 4 is 27.7 Å². The summed E-state index contributed by atoms with van der Waals surface area (Å²) in [5.41, 5.74) is 0. The predicted molar refractivity (Wildman–Crippen MR) is 65.3 cm³/mol. The van der Waals surface area contributed by atoms with Crippen LogP contribution in [-0.4, -0.2) is 22.2 Å². The Hall–Kier alpha value is -1.37. The number of rotatable bonds is 6. The third kappa shape index (κ3) is 4.18. The number of carbonyl (C=O) groups excluding carboxylic acids is 1. The molecule has 0 saturated heterocycles. The molecule has 17 heavy (non-hydrogen) atoms. The highest BCUT2D eigenvalue weighted by atomic mass is 79.9. The summed E-state index contributed by atoms with van der Waals surface area (Å²) in [6.45, 7) is 1.87. The standard InChI is InChI=1S/C10H13BrN2O4/c1-7(3-2-6-11)12-10(14)8-4-5-9(17-8)13(15)16/h4-5,7H,2-3,6H2,1H3,(H,12,14). The van der Waals surface area contributed by atoms with Gasteiger partial charge < -0.3 is 9.73 Å². The van der Waals surface area contributed by atoms with Gasteiger partial charge in [-0.15, -0.1) is 0 Å². The van der Waals surface area contributed by atoms with Gasteiger partial charge in [0.15, 0.2) is 5.76 Å². The minimum absolute atomic E-state index is 0.00389. The summed E-state index contributed by atoms with van der Waals surface area (Å²) in [6, 6.07) is 2.46. The van der Waals surface area contributed by atoms with Gasteiger partial charge in [0.2, 0.25) is 0 Å². The third-order valence-electron chi connectivity index (χ3n) is 2.14. The van der Waals surface area contributed by atoms with Crippen molar-refractivity contribution in [3.05, 3.63) is 28.0 Å². The van der Waals surface area contributed by atoms with E-state index in [-0.39, 0.29) is 11.8 Å². The molecule has 1 N–H and O–H groups in total. The SMILES string of the molecule is CC(CCCBr)NC(=O)c1ccc([N+](=O)[O-])o1. The van der Waals surface area contributed by atoms with Crippen LogP contribution in [0.15, 0.2) is 16.5 Å². The second-order valence-electron chi connectivity index (χ2n) is 3.60. The quantitative estimate of drug-likeness (QED) is 0.497. The van der Waals surface area contributed by atoms with Crippen molar-refractivity contribution in [2.45, 2.75) is 25.8 Å². The summed E-state index contributed by atoms with van der Waals surface area (Å²) in [5, 5.41) is 14.0. The van der Waals surface area contributed by atoms with Crippen molar-refractivity contribution in [2.24, 2.45) is 0 Å². The lowest BCUT2D eigenvalue weighted by molar-refractivity contribution is -0.402. The summed E-state index contributed by atoms with van der Waals surface area (Å²) in [7, 11) is 0. The molecule has 0 saturated carbocycles. The Morgan fingerprint density at radius 1 is 1.65 bits per heavy atom. The highest BCUT2D eigenvalue weighted by Crippen LogP contribution is 2.15. The minimum Gasteiger partial charge on any atom is -0.395 e. The number of carbonyl (C=O) groups is 1. The van der Waals surface area contributed by atoms with E-state index in [0.717, 1.165) is 24.2 Å². The zero-order valence-corrected chi connectivity index (χ0v) is 10.9. The fourth-order valence-electron chi connectivity index (χ4n) is 1.30. The maximum atomic E-state index is 11.6. The van der Waals surface area contributed by atoms with Crippen molar-refractivity contribution in [1.29, 1.82) is 0 Å². The summed E-state index contributed by atoms with van der Waals surface area (Å²) < 4.78 is 4.79. The molecule has 1 aromatic heterocycles. The first-order chi connectivity index (χ1) is 8.04. The number of nitro groups is 1. The molecule has 0 aliphatic rings. The monoisotopic (exact) mass is 304 g/mol. The zero-order chi connectivity index (χ0) is 12.8. The molecule has 6 nitrogen and oxygen atoms in total. The molecule has 0 spiro atoms. The zero-order valence-electron chi connectivity index (χ0n) is 9.31. The summed E-state index contributed by atoms with van der Waals surface area (Å²) >= 11 is 3.30. The number of hydrogen-bond acceptors (Lipinski definition) is 4. The lowest BCUT2D eigenvalue weighted by Gasteiger charge is -2.11. The van der Waals surface area contributed by atoms with Gasteiger partial charge in [-0.05, 0) is 25.8 Å². The van der Waals surface area contributed by atoms with Gasteiger partial charge in [-0.25, -0.2) is 0 Å². The van der Waals surface area contributed by atoms with Crippen molar-refractivity contribution in [3.8, 4) is 0 Å². The van der Waals surface area contributed by atoms with Crippen molar-refractivity contribution in [1.82, 2.24) is 5.32 Å². The molecule has 1 heterocycles. The van der Waals surface area contributed by atoms with E-state index in [1.807, 2.05) is 6.92 Å². The number of nitrogens with zero attached hydrogens (tertiary/aromatic N) is 1.